The number of halogens is 4. The number of fused-ring (bicyclic) bond motifs is 1. The summed E-state index contributed by atoms with van der Waals surface area (Å²) >= 11 is 0. The summed E-state index contributed by atoms with van der Waals surface area (Å²) in [5, 5.41) is 7.37. The molecule has 0 fully saturated rings. The molecule has 4 aromatic rings. The Bertz CT molecular complexity index is 1320. The normalized spacial score (nSPS) is 12.0. The molecule has 1 N–H and O–H groups in total. The van der Waals surface area contributed by atoms with Gasteiger partial charge in [0.15, 0.2) is 5.65 Å². The van der Waals surface area contributed by atoms with Crippen LogP contribution in [0.5, 0.6) is 0 Å². The highest BCUT2D eigenvalue weighted by molar-refractivity contribution is 6.03. The molecule has 3 heterocycles. The Morgan fingerprint density at radius 2 is 1.97 bits per heavy atom. The van der Waals surface area contributed by atoms with Crippen molar-refractivity contribution < 1.29 is 26.8 Å². The van der Waals surface area contributed by atoms with E-state index in [0.29, 0.717) is 11.0 Å². The average Bonchev–Trinajstić information content (AvgIpc) is 3.32. The van der Waals surface area contributed by atoms with Crippen LogP contribution in [0.4, 0.5) is 23.2 Å². The van der Waals surface area contributed by atoms with Crippen LogP contribution in [0.25, 0.3) is 16.7 Å². The molecule has 0 spiro atoms. The summed E-state index contributed by atoms with van der Waals surface area (Å²) in [7, 11) is 0. The van der Waals surface area contributed by atoms with E-state index in [1.165, 1.54) is 23.7 Å². The first kappa shape index (κ1) is 21.5. The number of hydrogen-bond donors (Lipinski definition) is 1. The van der Waals surface area contributed by atoms with Gasteiger partial charge in [-0.25, -0.2) is 19.0 Å². The van der Waals surface area contributed by atoms with Gasteiger partial charge in [0.25, 0.3) is 5.91 Å². The third kappa shape index (κ3) is 4.05. The first-order chi connectivity index (χ1) is 15.0. The molecule has 0 aliphatic carbocycles. The van der Waals surface area contributed by atoms with Crippen LogP contribution >= 0.6 is 0 Å². The number of pyridine rings is 1. The van der Waals surface area contributed by atoms with Crippen molar-refractivity contribution in [3.05, 3.63) is 65.4 Å². The Morgan fingerprint density at radius 3 is 2.62 bits per heavy atom. The second kappa shape index (κ2) is 7.74. The van der Waals surface area contributed by atoms with Crippen LogP contribution in [0.2, 0.25) is 0 Å². The van der Waals surface area contributed by atoms with Gasteiger partial charge in [-0.15, -0.1) is 5.10 Å². The van der Waals surface area contributed by atoms with Gasteiger partial charge in [-0.1, -0.05) is 13.8 Å². The van der Waals surface area contributed by atoms with Crippen molar-refractivity contribution in [2.45, 2.75) is 32.9 Å². The zero-order valence-electron chi connectivity index (χ0n) is 17.2. The maximum Gasteiger partial charge on any atom is 0.468 e. The van der Waals surface area contributed by atoms with Crippen LogP contribution < -0.4 is 5.32 Å². The van der Waals surface area contributed by atoms with Crippen molar-refractivity contribution in [1.29, 1.82) is 0 Å². The summed E-state index contributed by atoms with van der Waals surface area (Å²) < 4.78 is 58.7. The molecular formula is C21H17F4N5O2. The number of amides is 1. The zero-order chi connectivity index (χ0) is 23.2. The van der Waals surface area contributed by atoms with Crippen LogP contribution in [0, 0.1) is 12.7 Å². The van der Waals surface area contributed by atoms with E-state index >= 15 is 0 Å². The molecule has 1 amide bonds. The standard InChI is InChI=1S/C21H17F4N5O2/c1-10(2)12-6-13-9-30(29-18(13)26-8-12)16-7-14(4-5-15(16)22)28-19(31)17-11(3)27-20(32-17)21(23,24)25/h4-10H,1-3H3,(H,28,31). The summed E-state index contributed by atoms with van der Waals surface area (Å²) in [5.74, 6) is -3.41. The lowest BCUT2D eigenvalue weighted by Crippen LogP contribution is -2.13. The van der Waals surface area contributed by atoms with Crippen molar-refractivity contribution in [3.63, 3.8) is 0 Å². The molecule has 11 heteroatoms. The minimum atomic E-state index is -4.82. The van der Waals surface area contributed by atoms with Gasteiger partial charge < -0.3 is 9.73 Å². The fourth-order valence-electron chi connectivity index (χ4n) is 3.05. The molecule has 166 valence electrons. The van der Waals surface area contributed by atoms with E-state index in [4.69, 9.17) is 0 Å². The minimum absolute atomic E-state index is 0.0252. The Kier molecular flexibility index (Phi) is 5.19. The molecule has 1 aromatic carbocycles. The number of aromatic nitrogens is 4. The Balaban J connectivity index is 1.64. The Morgan fingerprint density at radius 1 is 1.22 bits per heavy atom. The highest BCUT2D eigenvalue weighted by Gasteiger charge is 2.39. The minimum Gasteiger partial charge on any atom is -0.427 e. The molecule has 32 heavy (non-hydrogen) atoms. The van der Waals surface area contributed by atoms with Crippen molar-refractivity contribution in [3.8, 4) is 5.69 Å². The van der Waals surface area contributed by atoms with E-state index < -0.39 is 29.6 Å². The number of carbonyl (C=O) groups is 1. The van der Waals surface area contributed by atoms with Crippen LogP contribution in [-0.4, -0.2) is 25.7 Å². The number of carbonyl (C=O) groups excluding carboxylic acids is 1. The van der Waals surface area contributed by atoms with Crippen LogP contribution in [0.1, 0.15) is 47.5 Å². The molecule has 0 bridgehead atoms. The topological polar surface area (TPSA) is 85.8 Å². The lowest BCUT2D eigenvalue weighted by molar-refractivity contribution is -0.157. The summed E-state index contributed by atoms with van der Waals surface area (Å²) in [6.45, 7) is 5.26. The Hall–Kier alpha value is -3.76. The molecule has 0 saturated carbocycles. The molecule has 0 aliphatic heterocycles. The maximum atomic E-state index is 14.5. The van der Waals surface area contributed by atoms with Crippen LogP contribution in [-0.2, 0) is 6.18 Å². The van der Waals surface area contributed by atoms with Gasteiger partial charge in [0, 0.05) is 23.5 Å². The third-order valence-corrected chi connectivity index (χ3v) is 4.74. The number of nitrogens with zero attached hydrogens (tertiary/aromatic N) is 4. The highest BCUT2D eigenvalue weighted by Crippen LogP contribution is 2.30. The number of alkyl halides is 3. The van der Waals surface area contributed by atoms with Gasteiger partial charge >= 0.3 is 12.1 Å². The van der Waals surface area contributed by atoms with Gasteiger partial charge in [-0.2, -0.15) is 13.2 Å². The summed E-state index contributed by atoms with van der Waals surface area (Å²) in [4.78, 5) is 19.9. The molecule has 7 nitrogen and oxygen atoms in total. The van der Waals surface area contributed by atoms with E-state index in [1.807, 2.05) is 19.9 Å². The number of oxazole rings is 1. The number of hydrogen-bond acceptors (Lipinski definition) is 5. The molecule has 0 atom stereocenters. The molecule has 4 rings (SSSR count). The first-order valence-corrected chi connectivity index (χ1v) is 9.54. The lowest BCUT2D eigenvalue weighted by atomic mass is 10.1. The molecule has 0 aliphatic rings. The zero-order valence-corrected chi connectivity index (χ0v) is 17.2. The number of aryl methyl sites for hydroxylation is 1. The van der Waals surface area contributed by atoms with Gasteiger partial charge in [-0.3, -0.25) is 4.79 Å². The van der Waals surface area contributed by atoms with Gasteiger partial charge in [0.1, 0.15) is 11.5 Å². The van der Waals surface area contributed by atoms with E-state index in [1.54, 1.807) is 12.4 Å². The van der Waals surface area contributed by atoms with E-state index in [0.717, 1.165) is 11.6 Å². The smallest absolute Gasteiger partial charge is 0.427 e. The van der Waals surface area contributed by atoms with E-state index in [-0.39, 0.29) is 23.0 Å². The van der Waals surface area contributed by atoms with Gasteiger partial charge in [0.2, 0.25) is 5.76 Å². The predicted octanol–water partition coefficient (Wildman–Crippen LogP) is 5.25. The number of nitrogens with one attached hydrogen (secondary N) is 1. The SMILES string of the molecule is Cc1nc(C(F)(F)F)oc1C(=O)Nc1ccc(F)c(-n2cc3cc(C(C)C)cnc3n2)c1. The lowest BCUT2D eigenvalue weighted by Gasteiger charge is -2.08. The second-order valence-electron chi connectivity index (χ2n) is 7.46. The largest absolute Gasteiger partial charge is 0.468 e. The summed E-state index contributed by atoms with van der Waals surface area (Å²) in [6, 6.07) is 5.59. The summed E-state index contributed by atoms with van der Waals surface area (Å²) in [6.07, 6.45) is -1.52. The van der Waals surface area contributed by atoms with E-state index in [9.17, 15) is 22.4 Å². The quantitative estimate of drug-likeness (QED) is 0.432. The first-order valence-electron chi connectivity index (χ1n) is 9.54. The van der Waals surface area contributed by atoms with Crippen molar-refractivity contribution in [2.75, 3.05) is 5.32 Å². The highest BCUT2D eigenvalue weighted by atomic mass is 19.4. The number of benzene rings is 1. The molecule has 0 unspecified atom stereocenters. The van der Waals surface area contributed by atoms with Crippen LogP contribution in [0.15, 0.2) is 41.1 Å². The third-order valence-electron chi connectivity index (χ3n) is 4.74. The molecule has 0 radical (unpaired) electrons. The second-order valence-corrected chi connectivity index (χ2v) is 7.46. The number of rotatable bonds is 4. The Labute approximate surface area is 179 Å². The fraction of sp³-hybridized carbons (Fsp3) is 0.238. The molecule has 3 aromatic heterocycles. The average molecular weight is 447 g/mol. The fourth-order valence-corrected chi connectivity index (χ4v) is 3.05. The van der Waals surface area contributed by atoms with Crippen molar-refractivity contribution in [1.82, 2.24) is 19.7 Å². The number of anilines is 1. The van der Waals surface area contributed by atoms with E-state index in [2.05, 4.69) is 24.8 Å². The monoisotopic (exact) mass is 447 g/mol. The van der Waals surface area contributed by atoms with Crippen molar-refractivity contribution >= 4 is 22.6 Å². The van der Waals surface area contributed by atoms with Crippen molar-refractivity contribution in [2.24, 2.45) is 0 Å². The summed E-state index contributed by atoms with van der Waals surface area (Å²) in [5.41, 5.74) is 1.35. The van der Waals surface area contributed by atoms with Gasteiger partial charge in [0.05, 0.1) is 5.69 Å². The van der Waals surface area contributed by atoms with Crippen LogP contribution in [0.3, 0.4) is 0 Å². The predicted molar refractivity (Wildman–Crippen MR) is 107 cm³/mol. The molecular weight excluding hydrogens is 430 g/mol. The maximum absolute atomic E-state index is 14.5. The van der Waals surface area contributed by atoms with Gasteiger partial charge in [-0.05, 0) is 42.7 Å². The molecule has 0 saturated heterocycles.